The maximum atomic E-state index is 11.9. The predicted octanol–water partition coefficient (Wildman–Crippen LogP) is -0.0442. The Balaban J connectivity index is 3.23. The van der Waals surface area contributed by atoms with Gasteiger partial charge in [0.1, 0.15) is 0 Å². The van der Waals surface area contributed by atoms with E-state index in [1.165, 1.54) is 13.2 Å². The molecular weight excluding hydrogens is 296 g/mol. The highest BCUT2D eigenvalue weighted by molar-refractivity contribution is 7.89. The van der Waals surface area contributed by atoms with Gasteiger partial charge in [0.2, 0.25) is 0 Å². The van der Waals surface area contributed by atoms with Crippen LogP contribution in [0.1, 0.15) is 19.0 Å². The van der Waals surface area contributed by atoms with Crippen LogP contribution in [0.15, 0.2) is 6.07 Å². The van der Waals surface area contributed by atoms with Crippen LogP contribution in [0, 0.1) is 0 Å². The summed E-state index contributed by atoms with van der Waals surface area (Å²) >= 11 is 0. The van der Waals surface area contributed by atoms with Crippen LogP contribution in [0.3, 0.4) is 0 Å². The Kier molecular flexibility index (Phi) is 4.93. The second kappa shape index (κ2) is 5.88. The van der Waals surface area contributed by atoms with Gasteiger partial charge in [0.15, 0.2) is 0 Å². The molecule has 0 radical (unpaired) electrons. The zero-order valence-electron chi connectivity index (χ0n) is 10.9. The lowest BCUT2D eigenvalue weighted by Gasteiger charge is -2.06. The first-order valence-corrected chi connectivity index (χ1v) is 8.82. The highest BCUT2D eigenvalue weighted by Crippen LogP contribution is 2.17. The van der Waals surface area contributed by atoms with Gasteiger partial charge in [-0.15, -0.1) is 5.10 Å². The van der Waals surface area contributed by atoms with Gasteiger partial charge in [-0.3, -0.25) is 0 Å². The van der Waals surface area contributed by atoms with E-state index in [1.807, 2.05) is 0 Å². The van der Waals surface area contributed by atoms with Crippen LogP contribution in [0.25, 0.3) is 0 Å². The summed E-state index contributed by atoms with van der Waals surface area (Å²) in [5.74, 6) is -0.404. The molecule has 8 nitrogen and oxygen atoms in total. The van der Waals surface area contributed by atoms with E-state index in [2.05, 4.69) is 9.28 Å². The standard InChI is InChI=1S/C9H16N2O6S2/c1-4-5-19(14,15)11-8(7-16-2)6-9(10-11)17-18(3,12)13/h6H,4-5,7H2,1-3H3. The van der Waals surface area contributed by atoms with E-state index >= 15 is 0 Å². The minimum Gasteiger partial charge on any atom is -0.378 e. The molecule has 1 aromatic rings. The van der Waals surface area contributed by atoms with Crippen molar-refractivity contribution >= 4 is 20.1 Å². The first kappa shape index (κ1) is 15.9. The predicted molar refractivity (Wildman–Crippen MR) is 67.9 cm³/mol. The molecule has 1 aromatic heterocycles. The molecule has 0 saturated heterocycles. The summed E-state index contributed by atoms with van der Waals surface area (Å²) in [5.41, 5.74) is 0.203. The topological polar surface area (TPSA) is 105 Å². The number of hydrogen-bond donors (Lipinski definition) is 0. The molecule has 1 rings (SSSR count). The fraction of sp³-hybridized carbons (Fsp3) is 0.667. The molecule has 0 atom stereocenters. The summed E-state index contributed by atoms with van der Waals surface area (Å²) in [7, 11) is -6.02. The number of hydrogen-bond acceptors (Lipinski definition) is 7. The van der Waals surface area contributed by atoms with Gasteiger partial charge in [0.25, 0.3) is 15.9 Å². The molecule has 10 heteroatoms. The second-order valence-electron chi connectivity index (χ2n) is 3.85. The molecule has 1 heterocycles. The van der Waals surface area contributed by atoms with Crippen LogP contribution in [-0.4, -0.2) is 45.1 Å². The second-order valence-corrected chi connectivity index (χ2v) is 7.35. The molecule has 110 valence electrons. The fourth-order valence-electron chi connectivity index (χ4n) is 1.41. The van der Waals surface area contributed by atoms with Gasteiger partial charge in [-0.05, 0) is 6.42 Å². The fourth-order valence-corrected chi connectivity index (χ4v) is 3.15. The van der Waals surface area contributed by atoms with E-state index < -0.39 is 20.1 Å². The van der Waals surface area contributed by atoms with Crippen LogP contribution in [0.5, 0.6) is 5.88 Å². The van der Waals surface area contributed by atoms with Crippen molar-refractivity contribution in [1.82, 2.24) is 9.19 Å². The third kappa shape index (κ3) is 4.48. The highest BCUT2D eigenvalue weighted by atomic mass is 32.2. The summed E-state index contributed by atoms with van der Waals surface area (Å²) in [5, 5.41) is 3.65. The van der Waals surface area contributed by atoms with Crippen molar-refractivity contribution in [2.45, 2.75) is 20.0 Å². The number of ether oxygens (including phenoxy) is 1. The maximum Gasteiger partial charge on any atom is 0.307 e. The van der Waals surface area contributed by atoms with Gasteiger partial charge < -0.3 is 8.92 Å². The van der Waals surface area contributed by atoms with Crippen molar-refractivity contribution in [3.05, 3.63) is 11.8 Å². The largest absolute Gasteiger partial charge is 0.378 e. The number of methoxy groups -OCH3 is 1. The first-order valence-electron chi connectivity index (χ1n) is 5.40. The monoisotopic (exact) mass is 312 g/mol. The summed E-state index contributed by atoms with van der Waals surface area (Å²) in [6.45, 7) is 1.69. The molecule has 0 amide bonds. The Morgan fingerprint density at radius 2 is 1.95 bits per heavy atom. The molecule has 0 aromatic carbocycles. The van der Waals surface area contributed by atoms with Gasteiger partial charge >= 0.3 is 10.1 Å². The van der Waals surface area contributed by atoms with Gasteiger partial charge in [0, 0.05) is 13.2 Å². The molecule has 0 fully saturated rings. The number of nitrogens with zero attached hydrogens (tertiary/aromatic N) is 2. The van der Waals surface area contributed by atoms with Crippen LogP contribution in [-0.2, 0) is 31.5 Å². The quantitative estimate of drug-likeness (QED) is 0.650. The number of rotatable bonds is 7. The van der Waals surface area contributed by atoms with E-state index in [4.69, 9.17) is 4.74 Å². The van der Waals surface area contributed by atoms with Gasteiger partial charge in [-0.2, -0.15) is 12.5 Å². The summed E-state index contributed by atoms with van der Waals surface area (Å²) in [6, 6.07) is 1.22. The Hall–Kier alpha value is -1.13. The zero-order chi connectivity index (χ0) is 14.7. The van der Waals surface area contributed by atoms with Crippen LogP contribution in [0.4, 0.5) is 0 Å². The Labute approximate surface area is 112 Å². The molecule has 0 bridgehead atoms. The number of aromatic nitrogens is 2. The van der Waals surface area contributed by atoms with E-state index in [0.717, 1.165) is 10.3 Å². The van der Waals surface area contributed by atoms with E-state index in [-0.39, 0.29) is 23.9 Å². The molecule has 0 aliphatic heterocycles. The summed E-state index contributed by atoms with van der Waals surface area (Å²) in [4.78, 5) is 0. The normalized spacial score (nSPS) is 12.6. The third-order valence-electron chi connectivity index (χ3n) is 1.98. The van der Waals surface area contributed by atoms with Crippen molar-refractivity contribution < 1.29 is 25.8 Å². The van der Waals surface area contributed by atoms with Gasteiger partial charge in [-0.1, -0.05) is 6.92 Å². The minimum absolute atomic E-state index is 0.0247. The van der Waals surface area contributed by atoms with E-state index in [0.29, 0.717) is 6.42 Å². The molecule has 0 spiro atoms. The molecule has 0 aliphatic rings. The SMILES string of the molecule is CCCS(=O)(=O)n1nc(OS(C)(=O)=O)cc1COC. The molecule has 19 heavy (non-hydrogen) atoms. The van der Waals surface area contributed by atoms with Crippen molar-refractivity contribution in [1.29, 1.82) is 0 Å². The average molecular weight is 312 g/mol. The van der Waals surface area contributed by atoms with Gasteiger partial charge in [-0.25, -0.2) is 8.42 Å². The van der Waals surface area contributed by atoms with Crippen LogP contribution < -0.4 is 4.18 Å². The Morgan fingerprint density at radius 3 is 2.42 bits per heavy atom. The third-order valence-corrected chi connectivity index (χ3v) is 4.22. The lowest BCUT2D eigenvalue weighted by molar-refractivity contribution is 0.180. The first-order chi connectivity index (χ1) is 8.69. The van der Waals surface area contributed by atoms with Gasteiger partial charge in [0.05, 0.1) is 24.3 Å². The lowest BCUT2D eigenvalue weighted by Crippen LogP contribution is -2.20. The zero-order valence-corrected chi connectivity index (χ0v) is 12.5. The Bertz CT molecular complexity index is 632. The molecule has 0 N–H and O–H groups in total. The van der Waals surface area contributed by atoms with Crippen LogP contribution in [0.2, 0.25) is 0 Å². The smallest absolute Gasteiger partial charge is 0.307 e. The summed E-state index contributed by atoms with van der Waals surface area (Å²) < 4.78 is 56.1. The van der Waals surface area contributed by atoms with E-state index in [1.54, 1.807) is 6.92 Å². The molecule has 0 aliphatic carbocycles. The van der Waals surface area contributed by atoms with E-state index in [9.17, 15) is 16.8 Å². The van der Waals surface area contributed by atoms with Crippen molar-refractivity contribution in [2.24, 2.45) is 0 Å². The molecular formula is C9H16N2O6S2. The highest BCUT2D eigenvalue weighted by Gasteiger charge is 2.21. The Morgan fingerprint density at radius 1 is 1.32 bits per heavy atom. The van der Waals surface area contributed by atoms with Crippen molar-refractivity contribution in [3.63, 3.8) is 0 Å². The summed E-state index contributed by atoms with van der Waals surface area (Å²) in [6.07, 6.45) is 1.26. The lowest BCUT2D eigenvalue weighted by atomic mass is 10.5. The minimum atomic E-state index is -3.76. The van der Waals surface area contributed by atoms with Crippen LogP contribution >= 0.6 is 0 Å². The average Bonchev–Trinajstić information content (AvgIpc) is 2.59. The van der Waals surface area contributed by atoms with Crippen molar-refractivity contribution in [2.75, 3.05) is 19.1 Å². The van der Waals surface area contributed by atoms with Crippen molar-refractivity contribution in [3.8, 4) is 5.88 Å². The molecule has 0 unspecified atom stereocenters. The maximum absolute atomic E-state index is 11.9. The molecule has 0 saturated carbocycles.